The summed E-state index contributed by atoms with van der Waals surface area (Å²) >= 11 is 6.13. The quantitative estimate of drug-likeness (QED) is 0.520. The molecular weight excluding hydrogens is 318 g/mol. The van der Waals surface area contributed by atoms with E-state index in [9.17, 15) is 0 Å². The van der Waals surface area contributed by atoms with Crippen LogP contribution in [0.25, 0.3) is 33.9 Å². The highest BCUT2D eigenvalue weighted by atomic mass is 35.5. The van der Waals surface area contributed by atoms with Crippen molar-refractivity contribution in [2.75, 3.05) is 0 Å². The molecule has 0 aliphatic rings. The van der Waals surface area contributed by atoms with E-state index >= 15 is 0 Å². The molecule has 0 aliphatic heterocycles. The van der Waals surface area contributed by atoms with Crippen molar-refractivity contribution in [2.24, 2.45) is 5.92 Å². The fourth-order valence-corrected chi connectivity index (χ4v) is 2.88. The van der Waals surface area contributed by atoms with Gasteiger partial charge in [0.05, 0.1) is 5.69 Å². The summed E-state index contributed by atoms with van der Waals surface area (Å²) < 4.78 is 6.27. The highest BCUT2D eigenvalue weighted by Gasteiger charge is 2.19. The zero-order valence-corrected chi connectivity index (χ0v) is 14.9. The van der Waals surface area contributed by atoms with Gasteiger partial charge in [-0.2, -0.15) is 0 Å². The first-order valence-electron chi connectivity index (χ1n) is 8.02. The maximum absolute atomic E-state index is 6.27. The smallest absolute Gasteiger partial charge is 0.144 e. The van der Waals surface area contributed by atoms with Crippen LogP contribution in [-0.2, 0) is 0 Å². The summed E-state index contributed by atoms with van der Waals surface area (Å²) in [6, 6.07) is 9.71. The van der Waals surface area contributed by atoms with Crippen LogP contribution >= 0.6 is 11.6 Å². The molecule has 0 fully saturated rings. The number of para-hydroxylation sites is 1. The molecule has 24 heavy (non-hydrogen) atoms. The topological polar surface area (TPSA) is 26.0 Å². The minimum absolute atomic E-state index is 0.308. The molecule has 3 rings (SSSR count). The summed E-state index contributed by atoms with van der Waals surface area (Å²) in [5.74, 6) is 1.15. The van der Waals surface area contributed by atoms with Crippen LogP contribution in [0.1, 0.15) is 32.1 Å². The Kier molecular flexibility index (Phi) is 4.59. The van der Waals surface area contributed by atoms with Crippen LogP contribution in [0.15, 0.2) is 53.6 Å². The molecule has 0 spiro atoms. The predicted molar refractivity (Wildman–Crippen MR) is 103 cm³/mol. The minimum Gasteiger partial charge on any atom is -0.455 e. The van der Waals surface area contributed by atoms with Gasteiger partial charge in [0.15, 0.2) is 0 Å². The van der Waals surface area contributed by atoms with E-state index in [-0.39, 0.29) is 0 Å². The van der Waals surface area contributed by atoms with Crippen molar-refractivity contribution >= 4 is 34.2 Å². The third-order valence-corrected chi connectivity index (χ3v) is 4.31. The summed E-state index contributed by atoms with van der Waals surface area (Å²) in [6.07, 6.45) is 5.80. The molecule has 2 heterocycles. The number of fused-ring (bicyclic) bond motifs is 1. The molecule has 0 unspecified atom stereocenters. The molecule has 0 atom stereocenters. The van der Waals surface area contributed by atoms with Gasteiger partial charge in [0.1, 0.15) is 11.3 Å². The maximum atomic E-state index is 6.27. The Bertz CT molecular complexity index is 934. The zero-order valence-electron chi connectivity index (χ0n) is 14.1. The van der Waals surface area contributed by atoms with Gasteiger partial charge in [-0.25, -0.2) is 0 Å². The number of aromatic nitrogens is 1. The highest BCUT2D eigenvalue weighted by molar-refractivity contribution is 6.30. The largest absolute Gasteiger partial charge is 0.455 e. The predicted octanol–water partition coefficient (Wildman–Crippen LogP) is 6.85. The van der Waals surface area contributed by atoms with Crippen LogP contribution in [0.3, 0.4) is 0 Å². The molecule has 122 valence electrons. The van der Waals surface area contributed by atoms with Crippen molar-refractivity contribution in [1.82, 2.24) is 4.98 Å². The third kappa shape index (κ3) is 2.90. The van der Waals surface area contributed by atoms with Crippen LogP contribution in [0, 0.1) is 5.92 Å². The van der Waals surface area contributed by atoms with Crippen molar-refractivity contribution in [3.8, 4) is 11.3 Å². The first kappa shape index (κ1) is 16.5. The Balaban J connectivity index is 2.31. The summed E-state index contributed by atoms with van der Waals surface area (Å²) in [5.41, 5.74) is 4.61. The lowest BCUT2D eigenvalue weighted by Gasteiger charge is -2.07. The van der Waals surface area contributed by atoms with Gasteiger partial charge in [0.2, 0.25) is 0 Å². The number of benzene rings is 1. The second-order valence-electron chi connectivity index (χ2n) is 6.07. The Labute approximate surface area is 147 Å². The summed E-state index contributed by atoms with van der Waals surface area (Å²) in [6.45, 7) is 10.5. The highest BCUT2D eigenvalue weighted by Crippen LogP contribution is 2.38. The van der Waals surface area contributed by atoms with E-state index in [1.165, 1.54) is 0 Å². The van der Waals surface area contributed by atoms with Gasteiger partial charge >= 0.3 is 0 Å². The number of allylic oxidation sites excluding steroid dienone is 2. The molecule has 0 bridgehead atoms. The number of rotatable bonds is 4. The fourth-order valence-electron chi connectivity index (χ4n) is 2.73. The lowest BCUT2D eigenvalue weighted by Crippen LogP contribution is -1.91. The summed E-state index contributed by atoms with van der Waals surface area (Å²) in [7, 11) is 0. The van der Waals surface area contributed by atoms with Gasteiger partial charge in [0.25, 0.3) is 0 Å². The maximum Gasteiger partial charge on any atom is 0.144 e. The molecule has 2 aromatic heterocycles. The molecule has 2 nitrogen and oxygen atoms in total. The second kappa shape index (κ2) is 6.66. The van der Waals surface area contributed by atoms with E-state index in [0.29, 0.717) is 10.9 Å². The van der Waals surface area contributed by atoms with E-state index in [0.717, 1.165) is 39.1 Å². The van der Waals surface area contributed by atoms with E-state index in [1.807, 2.05) is 31.2 Å². The van der Waals surface area contributed by atoms with Crippen molar-refractivity contribution in [1.29, 1.82) is 0 Å². The lowest BCUT2D eigenvalue weighted by molar-refractivity contribution is 0.589. The monoisotopic (exact) mass is 337 g/mol. The summed E-state index contributed by atoms with van der Waals surface area (Å²) in [5, 5.41) is 1.72. The number of hydrogen-bond donors (Lipinski definition) is 0. The van der Waals surface area contributed by atoms with Crippen LogP contribution in [0.2, 0.25) is 5.02 Å². The number of hydrogen-bond acceptors (Lipinski definition) is 2. The molecule has 0 radical (unpaired) electrons. The minimum atomic E-state index is 0.308. The Hall–Kier alpha value is -2.32. The average molecular weight is 338 g/mol. The first-order chi connectivity index (χ1) is 11.5. The fraction of sp³-hybridized carbons (Fsp3) is 0.190. The van der Waals surface area contributed by atoms with Crippen molar-refractivity contribution in [2.45, 2.75) is 20.8 Å². The molecule has 0 saturated heterocycles. The van der Waals surface area contributed by atoms with Gasteiger partial charge < -0.3 is 4.42 Å². The second-order valence-corrected chi connectivity index (χ2v) is 6.50. The Morgan fingerprint density at radius 1 is 1.29 bits per heavy atom. The number of halogens is 1. The van der Waals surface area contributed by atoms with E-state index < -0.39 is 0 Å². The molecule has 1 aromatic carbocycles. The van der Waals surface area contributed by atoms with E-state index in [1.54, 1.807) is 12.3 Å². The van der Waals surface area contributed by atoms with Crippen LogP contribution in [0.4, 0.5) is 0 Å². The molecule has 0 amide bonds. The van der Waals surface area contributed by atoms with E-state index in [2.05, 4.69) is 37.6 Å². The Morgan fingerprint density at radius 2 is 2.08 bits per heavy atom. The average Bonchev–Trinajstić information content (AvgIpc) is 2.93. The van der Waals surface area contributed by atoms with Crippen LogP contribution in [0.5, 0.6) is 0 Å². The van der Waals surface area contributed by atoms with E-state index in [4.69, 9.17) is 16.0 Å². The number of furan rings is 1. The van der Waals surface area contributed by atoms with Crippen LogP contribution < -0.4 is 0 Å². The van der Waals surface area contributed by atoms with Crippen molar-refractivity contribution < 1.29 is 4.42 Å². The number of pyridine rings is 1. The standard InChI is InChI=1S/C21H20ClNO/c1-5-7-16-17-8-6-9-18(19-12-15(22)10-11-23-19)21(17)24-20(16)14(4)13(2)3/h5-13H,4H2,1-3H3/b7-5-. The van der Waals surface area contributed by atoms with Crippen molar-refractivity contribution in [3.05, 3.63) is 65.5 Å². The zero-order chi connectivity index (χ0) is 17.3. The summed E-state index contributed by atoms with van der Waals surface area (Å²) in [4.78, 5) is 4.44. The molecule has 0 aliphatic carbocycles. The molecule has 3 aromatic rings. The van der Waals surface area contributed by atoms with Gasteiger partial charge in [-0.3, -0.25) is 4.98 Å². The van der Waals surface area contributed by atoms with Crippen molar-refractivity contribution in [3.63, 3.8) is 0 Å². The molecular formula is C21H20ClNO. The normalized spacial score (nSPS) is 11.7. The third-order valence-electron chi connectivity index (χ3n) is 4.07. The molecule has 0 N–H and O–H groups in total. The molecule has 0 saturated carbocycles. The number of nitrogens with zero attached hydrogens (tertiary/aromatic N) is 1. The lowest BCUT2D eigenvalue weighted by atomic mass is 9.97. The SMILES string of the molecule is C=C(c1oc2c(-c3cc(Cl)ccn3)cccc2c1/C=C\C)C(C)C. The van der Waals surface area contributed by atoms with Gasteiger partial charge in [0, 0.05) is 27.7 Å². The first-order valence-corrected chi connectivity index (χ1v) is 8.40. The van der Waals surface area contributed by atoms with Gasteiger partial charge in [-0.1, -0.05) is 56.3 Å². The Morgan fingerprint density at radius 3 is 2.75 bits per heavy atom. The van der Waals surface area contributed by atoms with Crippen LogP contribution in [-0.4, -0.2) is 4.98 Å². The van der Waals surface area contributed by atoms with Gasteiger partial charge in [-0.15, -0.1) is 0 Å². The van der Waals surface area contributed by atoms with Gasteiger partial charge in [-0.05, 0) is 36.6 Å². The molecule has 3 heteroatoms.